The van der Waals surface area contributed by atoms with E-state index in [1.165, 1.54) is 0 Å². The third-order valence-corrected chi connectivity index (χ3v) is 11.3. The summed E-state index contributed by atoms with van der Waals surface area (Å²) in [6.07, 6.45) is 4.31. The molecule has 1 aromatic carbocycles. The smallest absolute Gasteiger partial charge is 0.243 e. The Bertz CT molecular complexity index is 1120. The van der Waals surface area contributed by atoms with E-state index in [2.05, 4.69) is 15.5 Å². The van der Waals surface area contributed by atoms with Gasteiger partial charge in [-0.2, -0.15) is 0 Å². The molecule has 250 valence electrons. The van der Waals surface area contributed by atoms with Crippen LogP contribution in [0.3, 0.4) is 0 Å². The first kappa shape index (κ1) is 36.4. The maximum Gasteiger partial charge on any atom is 0.243 e. The highest BCUT2D eigenvalue weighted by molar-refractivity contribution is 7.91. The van der Waals surface area contributed by atoms with Crippen LogP contribution < -0.4 is 10.6 Å². The Morgan fingerprint density at radius 1 is 1.02 bits per heavy atom. The van der Waals surface area contributed by atoms with Crippen molar-refractivity contribution in [2.75, 3.05) is 44.4 Å². The molecule has 4 N–H and O–H groups in total. The largest absolute Gasteiger partial charge is 0.390 e. The Labute approximate surface area is 264 Å². The predicted octanol–water partition coefficient (Wildman–Crippen LogP) is 2.46. The van der Waals surface area contributed by atoms with Gasteiger partial charge in [-0.05, 0) is 31.2 Å². The van der Waals surface area contributed by atoms with Gasteiger partial charge in [-0.3, -0.25) is 14.5 Å². The van der Waals surface area contributed by atoms with Crippen molar-refractivity contribution in [1.82, 2.24) is 15.5 Å². The molecule has 5 atom stereocenters. The summed E-state index contributed by atoms with van der Waals surface area (Å²) in [5.74, 6) is -2.39. The van der Waals surface area contributed by atoms with E-state index in [0.29, 0.717) is 58.5 Å². The SMILES string of the molecule is CCCC[C@H](NC(=O)[C@H](Cc1ccccc1)CS(=O)(=O)CC)C(=O)NC1([C@H](C)[C@@H](O)[C@@H](O)CN2CCOCC2)CCCCC1. The van der Waals surface area contributed by atoms with Gasteiger partial charge in [0.25, 0.3) is 0 Å². The first-order valence-corrected chi connectivity index (χ1v) is 18.3. The summed E-state index contributed by atoms with van der Waals surface area (Å²) in [6, 6.07) is 8.47. The molecule has 0 spiro atoms. The zero-order chi connectivity index (χ0) is 32.2. The van der Waals surface area contributed by atoms with E-state index in [-0.39, 0.29) is 23.8 Å². The number of hydrogen-bond acceptors (Lipinski definition) is 8. The van der Waals surface area contributed by atoms with E-state index in [1.54, 1.807) is 6.92 Å². The van der Waals surface area contributed by atoms with Crippen LogP contribution >= 0.6 is 0 Å². The van der Waals surface area contributed by atoms with Crippen molar-refractivity contribution in [2.24, 2.45) is 11.8 Å². The van der Waals surface area contributed by atoms with Crippen LogP contribution in [0.15, 0.2) is 30.3 Å². The van der Waals surface area contributed by atoms with Crippen LogP contribution in [0.25, 0.3) is 0 Å². The second-order valence-corrected chi connectivity index (χ2v) is 15.2. The zero-order valence-electron chi connectivity index (χ0n) is 26.9. The number of unbranched alkanes of at least 4 members (excludes halogenated alkanes) is 1. The molecule has 0 radical (unpaired) electrons. The number of rotatable bonds is 17. The molecule has 3 rings (SSSR count). The lowest BCUT2D eigenvalue weighted by Gasteiger charge is -2.46. The number of nitrogens with zero attached hydrogens (tertiary/aromatic N) is 1. The number of amides is 2. The van der Waals surface area contributed by atoms with Gasteiger partial charge in [0.15, 0.2) is 9.84 Å². The number of hydrogen-bond donors (Lipinski definition) is 4. The lowest BCUT2D eigenvalue weighted by Crippen LogP contribution is -2.62. The van der Waals surface area contributed by atoms with Crippen LogP contribution in [0.4, 0.5) is 0 Å². The number of aliphatic hydroxyl groups is 2. The Morgan fingerprint density at radius 3 is 2.30 bits per heavy atom. The topological polar surface area (TPSA) is 145 Å². The van der Waals surface area contributed by atoms with Crippen LogP contribution in [0.5, 0.6) is 0 Å². The molecule has 10 nitrogen and oxygen atoms in total. The number of ether oxygens (including phenoxy) is 1. The van der Waals surface area contributed by atoms with Crippen molar-refractivity contribution >= 4 is 21.7 Å². The number of benzene rings is 1. The lowest BCUT2D eigenvalue weighted by molar-refractivity contribution is -0.134. The molecule has 44 heavy (non-hydrogen) atoms. The van der Waals surface area contributed by atoms with Gasteiger partial charge < -0.3 is 25.6 Å². The van der Waals surface area contributed by atoms with Crippen LogP contribution in [0.2, 0.25) is 0 Å². The molecule has 2 fully saturated rings. The highest BCUT2D eigenvalue weighted by atomic mass is 32.2. The quantitative estimate of drug-likeness (QED) is 0.204. The molecule has 2 amide bonds. The molecule has 11 heteroatoms. The Morgan fingerprint density at radius 2 is 1.68 bits per heavy atom. The van der Waals surface area contributed by atoms with E-state index >= 15 is 0 Å². The zero-order valence-corrected chi connectivity index (χ0v) is 27.7. The Kier molecular flexibility index (Phi) is 14.6. The minimum absolute atomic E-state index is 0.0640. The maximum absolute atomic E-state index is 14.0. The van der Waals surface area contributed by atoms with Crippen LogP contribution in [-0.2, 0) is 30.6 Å². The monoisotopic (exact) mass is 637 g/mol. The standard InChI is InChI=1S/C33H55N3O7S/c1-4-6-15-28(34-31(39)27(24-44(41,42)5-2)22-26-13-9-7-10-14-26)32(40)35-33(16-11-8-12-17-33)25(3)30(38)29(37)23-36-18-20-43-21-19-36/h7,9-10,13-14,25,27-30,37-38H,4-6,8,11-12,15-24H2,1-3H3,(H,34,39)(H,35,40)/t25-,27-,28+,29+,30-/m1/s1. The van der Waals surface area contributed by atoms with Crippen molar-refractivity contribution in [2.45, 2.75) is 102 Å². The van der Waals surface area contributed by atoms with Crippen molar-refractivity contribution in [1.29, 1.82) is 0 Å². The first-order chi connectivity index (χ1) is 21.0. The number of aliphatic hydroxyl groups excluding tert-OH is 2. The van der Waals surface area contributed by atoms with Crippen LogP contribution in [0.1, 0.15) is 77.7 Å². The van der Waals surface area contributed by atoms with Gasteiger partial charge in [-0.25, -0.2) is 8.42 Å². The molecule has 1 aliphatic carbocycles. The fourth-order valence-corrected chi connectivity index (χ4v) is 7.66. The van der Waals surface area contributed by atoms with Gasteiger partial charge in [0.05, 0.1) is 37.1 Å². The third kappa shape index (κ3) is 10.8. The lowest BCUT2D eigenvalue weighted by atomic mass is 9.70. The number of β-amino-alcohol motifs (C(OH)–C–C–N with tert-alkyl or cyclic N) is 1. The van der Waals surface area contributed by atoms with Gasteiger partial charge in [0.2, 0.25) is 11.8 Å². The molecule has 1 heterocycles. The number of nitrogens with one attached hydrogen (secondary N) is 2. The van der Waals surface area contributed by atoms with Gasteiger partial charge >= 0.3 is 0 Å². The fraction of sp³-hybridized carbons (Fsp3) is 0.758. The Balaban J connectivity index is 1.78. The molecular formula is C33H55N3O7S. The van der Waals surface area contributed by atoms with E-state index in [9.17, 15) is 28.2 Å². The van der Waals surface area contributed by atoms with Crippen molar-refractivity contribution in [3.8, 4) is 0 Å². The molecule has 0 aromatic heterocycles. The average Bonchev–Trinajstić information content (AvgIpc) is 3.03. The predicted molar refractivity (Wildman–Crippen MR) is 172 cm³/mol. The summed E-state index contributed by atoms with van der Waals surface area (Å²) < 4.78 is 30.6. The molecule has 0 bridgehead atoms. The number of sulfone groups is 1. The van der Waals surface area contributed by atoms with Gasteiger partial charge in [-0.1, -0.05) is 83.2 Å². The minimum atomic E-state index is -3.45. The summed E-state index contributed by atoms with van der Waals surface area (Å²) in [6.45, 7) is 8.40. The van der Waals surface area contributed by atoms with Gasteiger partial charge in [0, 0.05) is 36.8 Å². The summed E-state index contributed by atoms with van der Waals surface area (Å²) in [7, 11) is -3.45. The van der Waals surface area contributed by atoms with Crippen molar-refractivity contribution < 1.29 is 33.0 Å². The van der Waals surface area contributed by atoms with E-state index in [1.807, 2.05) is 44.2 Å². The molecule has 2 aliphatic rings. The molecule has 0 unspecified atom stereocenters. The van der Waals surface area contributed by atoms with Gasteiger partial charge in [-0.15, -0.1) is 0 Å². The molecule has 1 saturated carbocycles. The highest BCUT2D eigenvalue weighted by Crippen LogP contribution is 2.37. The summed E-state index contributed by atoms with van der Waals surface area (Å²) in [5.41, 5.74) is 0.124. The number of carbonyl (C=O) groups is 2. The first-order valence-electron chi connectivity index (χ1n) is 16.5. The highest BCUT2D eigenvalue weighted by Gasteiger charge is 2.45. The molecular weight excluding hydrogens is 582 g/mol. The van der Waals surface area contributed by atoms with Crippen LogP contribution in [0, 0.1) is 11.8 Å². The van der Waals surface area contributed by atoms with Crippen LogP contribution in [-0.4, -0.2) is 103 Å². The molecule has 1 aromatic rings. The number of carbonyl (C=O) groups excluding carboxylic acids is 2. The van der Waals surface area contributed by atoms with Gasteiger partial charge in [0.1, 0.15) is 6.04 Å². The third-order valence-electron chi connectivity index (χ3n) is 9.52. The van der Waals surface area contributed by atoms with E-state index < -0.39 is 51.4 Å². The second kappa shape index (κ2) is 17.6. The Hall–Kier alpha value is -2.05. The normalized spacial score (nSPS) is 21.0. The van der Waals surface area contributed by atoms with E-state index in [0.717, 1.165) is 31.2 Å². The fourth-order valence-electron chi connectivity index (χ4n) is 6.54. The average molecular weight is 638 g/mol. The summed E-state index contributed by atoms with van der Waals surface area (Å²) in [5, 5.41) is 28.5. The van der Waals surface area contributed by atoms with Crippen molar-refractivity contribution in [3.05, 3.63) is 35.9 Å². The maximum atomic E-state index is 14.0. The molecule has 1 aliphatic heterocycles. The number of morpholine rings is 1. The second-order valence-electron chi connectivity index (χ2n) is 12.8. The van der Waals surface area contributed by atoms with E-state index in [4.69, 9.17) is 4.74 Å². The summed E-state index contributed by atoms with van der Waals surface area (Å²) >= 11 is 0. The van der Waals surface area contributed by atoms with Crippen molar-refractivity contribution in [3.63, 3.8) is 0 Å². The minimum Gasteiger partial charge on any atom is -0.390 e. The summed E-state index contributed by atoms with van der Waals surface area (Å²) in [4.78, 5) is 29.7. The molecule has 1 saturated heterocycles.